The molecule has 0 spiro atoms. The van der Waals surface area contributed by atoms with Crippen molar-refractivity contribution in [1.82, 2.24) is 15.1 Å². The third-order valence-corrected chi connectivity index (χ3v) is 5.45. The van der Waals surface area contributed by atoms with E-state index >= 15 is 0 Å². The van der Waals surface area contributed by atoms with Gasteiger partial charge in [-0.2, -0.15) is 0 Å². The van der Waals surface area contributed by atoms with Crippen LogP contribution in [-0.4, -0.2) is 86.3 Å². The van der Waals surface area contributed by atoms with Crippen molar-refractivity contribution in [3.8, 4) is 5.75 Å². The van der Waals surface area contributed by atoms with Crippen molar-refractivity contribution in [2.45, 2.75) is 25.8 Å². The van der Waals surface area contributed by atoms with Crippen molar-refractivity contribution in [3.63, 3.8) is 0 Å². The average molecular weight is 444 g/mol. The molecular formula is C21H31F3N4O3. The van der Waals surface area contributed by atoms with Gasteiger partial charge in [0.05, 0.1) is 25.9 Å². The van der Waals surface area contributed by atoms with Crippen molar-refractivity contribution in [3.05, 3.63) is 29.8 Å². The molecule has 10 heteroatoms. The molecule has 0 aromatic heterocycles. The number of guanidine groups is 1. The second kappa shape index (κ2) is 11.0. The summed E-state index contributed by atoms with van der Waals surface area (Å²) in [4.78, 5) is 9.22. The Morgan fingerprint density at radius 3 is 2.61 bits per heavy atom. The molecule has 2 fully saturated rings. The minimum Gasteiger partial charge on any atom is -0.406 e. The number of alkyl halides is 3. The van der Waals surface area contributed by atoms with Gasteiger partial charge in [-0.1, -0.05) is 12.1 Å². The van der Waals surface area contributed by atoms with Gasteiger partial charge in [0, 0.05) is 39.3 Å². The van der Waals surface area contributed by atoms with Crippen molar-refractivity contribution in [1.29, 1.82) is 0 Å². The molecule has 2 heterocycles. The smallest absolute Gasteiger partial charge is 0.406 e. The first-order chi connectivity index (χ1) is 14.8. The molecule has 1 aromatic carbocycles. The SMILES string of the molecule is CCNC(=NCC(O)c1ccc(OC(F)(F)F)cc1)N1CCC(CN2CCOCC2)C1. The molecular weight excluding hydrogens is 413 g/mol. The third-order valence-electron chi connectivity index (χ3n) is 5.45. The monoisotopic (exact) mass is 444 g/mol. The molecule has 2 aliphatic rings. The number of ether oxygens (including phenoxy) is 2. The van der Waals surface area contributed by atoms with Crippen molar-refractivity contribution < 1.29 is 27.8 Å². The number of nitrogens with one attached hydrogen (secondary N) is 1. The zero-order valence-corrected chi connectivity index (χ0v) is 17.8. The van der Waals surface area contributed by atoms with Crippen LogP contribution >= 0.6 is 0 Å². The topological polar surface area (TPSA) is 69.6 Å². The van der Waals surface area contributed by atoms with Gasteiger partial charge >= 0.3 is 6.36 Å². The fraction of sp³-hybridized carbons (Fsp3) is 0.667. The highest BCUT2D eigenvalue weighted by atomic mass is 19.4. The lowest BCUT2D eigenvalue weighted by Crippen LogP contribution is -2.42. The second-order valence-electron chi connectivity index (χ2n) is 7.84. The molecule has 2 saturated heterocycles. The summed E-state index contributed by atoms with van der Waals surface area (Å²) in [6.07, 6.45) is -4.56. The largest absolute Gasteiger partial charge is 0.573 e. The summed E-state index contributed by atoms with van der Waals surface area (Å²) in [5.41, 5.74) is 0.487. The number of halogens is 3. The number of benzene rings is 1. The normalized spacial score (nSPS) is 21.9. The number of likely N-dealkylation sites (tertiary alicyclic amines) is 1. The van der Waals surface area contributed by atoms with Gasteiger partial charge in [0.1, 0.15) is 5.75 Å². The molecule has 2 unspecified atom stereocenters. The predicted molar refractivity (Wildman–Crippen MR) is 111 cm³/mol. The van der Waals surface area contributed by atoms with Gasteiger partial charge in [-0.15, -0.1) is 13.2 Å². The Balaban J connectivity index is 1.54. The van der Waals surface area contributed by atoms with E-state index < -0.39 is 12.5 Å². The van der Waals surface area contributed by atoms with Crippen LogP contribution in [0.1, 0.15) is 25.0 Å². The molecule has 174 valence electrons. The highest BCUT2D eigenvalue weighted by Crippen LogP contribution is 2.25. The van der Waals surface area contributed by atoms with Crippen molar-refractivity contribution in [2.75, 3.05) is 59.0 Å². The van der Waals surface area contributed by atoms with Gasteiger partial charge in [-0.3, -0.25) is 9.89 Å². The van der Waals surface area contributed by atoms with Crippen LogP contribution in [0.5, 0.6) is 5.75 Å². The van der Waals surface area contributed by atoms with E-state index in [0.29, 0.717) is 18.0 Å². The Hall–Kier alpha value is -2.04. The number of nitrogens with zero attached hydrogens (tertiary/aromatic N) is 3. The van der Waals surface area contributed by atoms with Crippen LogP contribution in [0.2, 0.25) is 0 Å². The fourth-order valence-corrected chi connectivity index (χ4v) is 3.92. The van der Waals surface area contributed by atoms with E-state index in [0.717, 1.165) is 58.3 Å². The summed E-state index contributed by atoms with van der Waals surface area (Å²) in [5, 5.41) is 13.7. The number of rotatable bonds is 7. The first-order valence-corrected chi connectivity index (χ1v) is 10.7. The lowest BCUT2D eigenvalue weighted by molar-refractivity contribution is -0.274. The summed E-state index contributed by atoms with van der Waals surface area (Å²) in [5.74, 6) is 1.000. The van der Waals surface area contributed by atoms with E-state index in [-0.39, 0.29) is 12.3 Å². The van der Waals surface area contributed by atoms with Crippen LogP contribution < -0.4 is 10.1 Å². The first-order valence-electron chi connectivity index (χ1n) is 10.7. The van der Waals surface area contributed by atoms with Crippen LogP contribution in [0.15, 0.2) is 29.3 Å². The molecule has 0 amide bonds. The van der Waals surface area contributed by atoms with Crippen molar-refractivity contribution in [2.24, 2.45) is 10.9 Å². The Labute approximate surface area is 180 Å². The van der Waals surface area contributed by atoms with Gasteiger partial charge in [0.15, 0.2) is 5.96 Å². The van der Waals surface area contributed by atoms with Crippen LogP contribution in [0.3, 0.4) is 0 Å². The molecule has 0 saturated carbocycles. The number of aliphatic imine (C=N–C) groups is 1. The number of hydrogen-bond donors (Lipinski definition) is 2. The summed E-state index contributed by atoms with van der Waals surface area (Å²) in [6.45, 7) is 9.22. The van der Waals surface area contributed by atoms with E-state index in [1.807, 2.05) is 6.92 Å². The Morgan fingerprint density at radius 1 is 1.26 bits per heavy atom. The Kier molecular flexibility index (Phi) is 8.39. The lowest BCUT2D eigenvalue weighted by atomic mass is 10.1. The average Bonchev–Trinajstić information content (AvgIpc) is 3.19. The maximum absolute atomic E-state index is 12.3. The third kappa shape index (κ3) is 7.55. The molecule has 7 nitrogen and oxygen atoms in total. The summed E-state index contributed by atoms with van der Waals surface area (Å²) in [7, 11) is 0. The van der Waals surface area contributed by atoms with E-state index in [4.69, 9.17) is 4.74 Å². The maximum atomic E-state index is 12.3. The maximum Gasteiger partial charge on any atom is 0.573 e. The van der Waals surface area contributed by atoms with Crippen LogP contribution in [0.4, 0.5) is 13.2 Å². The number of aliphatic hydroxyl groups is 1. The molecule has 2 N–H and O–H groups in total. The Morgan fingerprint density at radius 2 is 1.97 bits per heavy atom. The molecule has 0 aliphatic carbocycles. The number of aliphatic hydroxyl groups excluding tert-OH is 1. The molecule has 2 atom stereocenters. The zero-order chi connectivity index (χ0) is 22.3. The Bertz CT molecular complexity index is 709. The highest BCUT2D eigenvalue weighted by Gasteiger charge is 2.31. The van der Waals surface area contributed by atoms with Crippen LogP contribution in [0, 0.1) is 5.92 Å². The van der Waals surface area contributed by atoms with E-state index in [1.165, 1.54) is 24.3 Å². The van der Waals surface area contributed by atoms with Gasteiger partial charge in [0.2, 0.25) is 0 Å². The summed E-state index contributed by atoms with van der Waals surface area (Å²) in [6, 6.07) is 5.22. The predicted octanol–water partition coefficient (Wildman–Crippen LogP) is 2.24. The zero-order valence-electron chi connectivity index (χ0n) is 17.8. The first kappa shape index (κ1) is 23.6. The van der Waals surface area contributed by atoms with E-state index in [1.54, 1.807) is 0 Å². The van der Waals surface area contributed by atoms with E-state index in [9.17, 15) is 18.3 Å². The van der Waals surface area contributed by atoms with Crippen LogP contribution in [-0.2, 0) is 4.74 Å². The van der Waals surface area contributed by atoms with Gasteiger partial charge in [-0.05, 0) is 37.0 Å². The molecule has 3 rings (SSSR count). The minimum absolute atomic E-state index is 0.117. The van der Waals surface area contributed by atoms with Gasteiger partial charge in [-0.25, -0.2) is 0 Å². The number of hydrogen-bond acceptors (Lipinski definition) is 5. The molecule has 0 radical (unpaired) electrons. The number of morpholine rings is 1. The second-order valence-corrected chi connectivity index (χ2v) is 7.84. The van der Waals surface area contributed by atoms with Gasteiger partial charge in [0.25, 0.3) is 0 Å². The highest BCUT2D eigenvalue weighted by molar-refractivity contribution is 5.80. The lowest BCUT2D eigenvalue weighted by Gasteiger charge is -2.29. The van der Waals surface area contributed by atoms with Gasteiger partial charge < -0.3 is 24.8 Å². The molecule has 2 aliphatic heterocycles. The van der Waals surface area contributed by atoms with Crippen molar-refractivity contribution >= 4 is 5.96 Å². The quantitative estimate of drug-likeness (QED) is 0.497. The minimum atomic E-state index is -4.74. The fourth-order valence-electron chi connectivity index (χ4n) is 3.92. The molecule has 31 heavy (non-hydrogen) atoms. The summed E-state index contributed by atoms with van der Waals surface area (Å²) < 4.78 is 46.1. The summed E-state index contributed by atoms with van der Waals surface area (Å²) >= 11 is 0. The molecule has 0 bridgehead atoms. The molecule has 1 aromatic rings. The van der Waals surface area contributed by atoms with Crippen LogP contribution in [0.25, 0.3) is 0 Å². The standard InChI is InChI=1S/C21H31F3N4O3/c1-2-25-20(28-8-7-16(15-28)14-27-9-11-30-12-10-27)26-13-19(29)17-3-5-18(6-4-17)31-21(22,23)24/h3-6,16,19,29H,2,7-15H2,1H3,(H,25,26). The van der Waals surface area contributed by atoms with E-state index in [2.05, 4.69) is 24.8 Å².